The van der Waals surface area contributed by atoms with E-state index in [2.05, 4.69) is 0 Å². The number of carbonyl (C=O) groups excluding carboxylic acids is 1. The van der Waals surface area contributed by atoms with E-state index in [-0.39, 0.29) is 6.79 Å². The number of benzene rings is 1. The molecule has 7 nitrogen and oxygen atoms in total. The van der Waals surface area contributed by atoms with Gasteiger partial charge in [0.05, 0.1) is 17.9 Å². The van der Waals surface area contributed by atoms with Crippen molar-refractivity contribution in [1.29, 1.82) is 4.78 Å². The number of fused-ring (bicyclic) bond motifs is 1. The molecule has 126 valence electrons. The first-order chi connectivity index (χ1) is 10.7. The van der Waals surface area contributed by atoms with E-state index in [0.29, 0.717) is 11.5 Å². The lowest BCUT2D eigenvalue weighted by molar-refractivity contribution is -0.140. The first-order valence-electron chi connectivity index (χ1n) is 7.22. The summed E-state index contributed by atoms with van der Waals surface area (Å²) in [6, 6.07) is 4.14. The molecule has 0 aliphatic carbocycles. The third-order valence-electron chi connectivity index (χ3n) is 4.07. The molecule has 23 heavy (non-hydrogen) atoms. The third-order valence-corrected chi connectivity index (χ3v) is 6.77. The minimum Gasteiger partial charge on any atom is -0.468 e. The molecule has 2 heterocycles. The van der Waals surface area contributed by atoms with Crippen LogP contribution >= 0.6 is 0 Å². The molecule has 0 spiro atoms. The maximum atomic E-state index is 12.9. The quantitative estimate of drug-likeness (QED) is 0.672. The smallest absolute Gasteiger partial charge is 0.326 e. The zero-order chi connectivity index (χ0) is 17.0. The van der Waals surface area contributed by atoms with Crippen molar-refractivity contribution >= 4 is 15.9 Å². The number of nitrogens with zero attached hydrogens (tertiary/aromatic N) is 1. The molecule has 4 atom stereocenters. The van der Waals surface area contributed by atoms with Gasteiger partial charge in [-0.1, -0.05) is 6.07 Å². The average Bonchev–Trinajstić information content (AvgIpc) is 3.07. The van der Waals surface area contributed by atoms with Gasteiger partial charge in [-0.05, 0) is 38.5 Å². The van der Waals surface area contributed by atoms with Crippen LogP contribution in [0.1, 0.15) is 32.4 Å². The molecule has 3 rings (SSSR count). The molecule has 2 aliphatic heterocycles. The van der Waals surface area contributed by atoms with Crippen LogP contribution in [0.5, 0.6) is 11.5 Å². The van der Waals surface area contributed by atoms with Crippen LogP contribution in [-0.4, -0.2) is 39.2 Å². The van der Waals surface area contributed by atoms with E-state index in [1.807, 2.05) is 0 Å². The molecule has 1 saturated heterocycles. The summed E-state index contributed by atoms with van der Waals surface area (Å²) in [6.07, 6.45) is 0. The molecule has 0 amide bonds. The van der Waals surface area contributed by atoms with Gasteiger partial charge in [0.25, 0.3) is 0 Å². The van der Waals surface area contributed by atoms with Gasteiger partial charge in [0.15, 0.2) is 11.5 Å². The molecule has 3 unspecified atom stereocenters. The highest BCUT2D eigenvalue weighted by Gasteiger charge is 2.61. The fraction of sp³-hybridized carbons (Fsp3) is 0.533. The molecular formula is C15H20N2O5S. The summed E-state index contributed by atoms with van der Waals surface area (Å²) in [4.78, 5) is 12.0. The summed E-state index contributed by atoms with van der Waals surface area (Å²) in [7, 11) is -1.87. The van der Waals surface area contributed by atoms with Crippen molar-refractivity contribution in [3.8, 4) is 11.5 Å². The van der Waals surface area contributed by atoms with Crippen molar-refractivity contribution in [2.45, 2.75) is 37.6 Å². The van der Waals surface area contributed by atoms with E-state index >= 15 is 0 Å². The van der Waals surface area contributed by atoms with E-state index in [0.717, 1.165) is 5.56 Å². The largest absolute Gasteiger partial charge is 0.468 e. The van der Waals surface area contributed by atoms with Gasteiger partial charge < -0.3 is 14.2 Å². The van der Waals surface area contributed by atoms with E-state index in [9.17, 15) is 9.00 Å². The number of rotatable bonds is 3. The van der Waals surface area contributed by atoms with Crippen molar-refractivity contribution in [2.24, 2.45) is 0 Å². The molecule has 1 aromatic rings. The summed E-state index contributed by atoms with van der Waals surface area (Å²) >= 11 is 0. The maximum absolute atomic E-state index is 12.9. The lowest BCUT2D eigenvalue weighted by atomic mass is 10.1. The predicted molar refractivity (Wildman–Crippen MR) is 83.6 cm³/mol. The Labute approximate surface area is 135 Å². The molecule has 1 aromatic carbocycles. The zero-order valence-electron chi connectivity index (χ0n) is 13.5. The fourth-order valence-electron chi connectivity index (χ4n) is 2.63. The number of hydrogen-bond acceptors (Lipinski definition) is 6. The van der Waals surface area contributed by atoms with Crippen LogP contribution in [0.3, 0.4) is 0 Å². The fourth-order valence-corrected chi connectivity index (χ4v) is 4.28. The standard InChI is InChI=1S/C15H20N2O5S/c1-15(2,3)23(16,19)17-12(13(17)14(18)20-4)9-5-6-10-11(7-9)22-8-21-10/h5-7,12-13,16H,8H2,1-4H3/t12?,13?,17-,23?/m0/s1. The highest BCUT2D eigenvalue weighted by molar-refractivity contribution is 7.91. The Morgan fingerprint density at radius 2 is 2.00 bits per heavy atom. The van der Waals surface area contributed by atoms with Gasteiger partial charge in [0.2, 0.25) is 6.79 Å². The van der Waals surface area contributed by atoms with Gasteiger partial charge in [-0.25, -0.2) is 8.99 Å². The van der Waals surface area contributed by atoms with E-state index in [1.54, 1.807) is 39.0 Å². The van der Waals surface area contributed by atoms with Crippen molar-refractivity contribution in [3.05, 3.63) is 23.8 Å². The highest BCUT2D eigenvalue weighted by Crippen LogP contribution is 2.50. The second kappa shape index (κ2) is 5.10. The maximum Gasteiger partial charge on any atom is 0.326 e. The summed E-state index contributed by atoms with van der Waals surface area (Å²) in [5.74, 6) is 0.736. The molecule has 0 aromatic heterocycles. The van der Waals surface area contributed by atoms with Gasteiger partial charge in [-0.3, -0.25) is 4.79 Å². The van der Waals surface area contributed by atoms with E-state index in [4.69, 9.17) is 19.0 Å². The number of carbonyl (C=O) groups is 1. The number of methoxy groups -OCH3 is 1. The van der Waals surface area contributed by atoms with E-state index < -0.39 is 32.7 Å². The van der Waals surface area contributed by atoms with Gasteiger partial charge >= 0.3 is 5.97 Å². The Kier molecular flexibility index (Phi) is 3.57. The summed E-state index contributed by atoms with van der Waals surface area (Å²) in [6.45, 7) is 5.34. The molecular weight excluding hydrogens is 320 g/mol. The van der Waals surface area contributed by atoms with Crippen LogP contribution in [0.25, 0.3) is 0 Å². The van der Waals surface area contributed by atoms with Gasteiger partial charge in [0, 0.05) is 0 Å². The Bertz CT molecular complexity index is 754. The summed E-state index contributed by atoms with van der Waals surface area (Å²) in [5.41, 5.74) is 0.758. The molecule has 0 radical (unpaired) electrons. The minimum atomic E-state index is -3.16. The molecule has 1 N–H and O–H groups in total. The van der Waals surface area contributed by atoms with Crippen molar-refractivity contribution in [1.82, 2.24) is 4.31 Å². The number of ether oxygens (including phenoxy) is 3. The Morgan fingerprint density at radius 1 is 1.35 bits per heavy atom. The second-order valence-corrected chi connectivity index (χ2v) is 9.22. The number of esters is 1. The van der Waals surface area contributed by atoms with Crippen LogP contribution in [0.15, 0.2) is 18.2 Å². The predicted octanol–water partition coefficient (Wildman–Crippen LogP) is 2.07. The van der Waals surface area contributed by atoms with Crippen LogP contribution in [-0.2, 0) is 19.4 Å². The van der Waals surface area contributed by atoms with Crippen molar-refractivity contribution < 1.29 is 23.2 Å². The number of hydrogen-bond donors (Lipinski definition) is 1. The topological polar surface area (TPSA) is 88.7 Å². The average molecular weight is 340 g/mol. The summed E-state index contributed by atoms with van der Waals surface area (Å²) < 4.78 is 37.3. The van der Waals surface area contributed by atoms with Crippen LogP contribution in [0.4, 0.5) is 0 Å². The lowest BCUT2D eigenvalue weighted by Gasteiger charge is -2.24. The molecule has 0 bridgehead atoms. The highest BCUT2D eigenvalue weighted by atomic mass is 32.2. The molecule has 8 heteroatoms. The third kappa shape index (κ3) is 2.46. The van der Waals surface area contributed by atoms with Gasteiger partial charge in [-0.15, -0.1) is 0 Å². The summed E-state index contributed by atoms with van der Waals surface area (Å²) in [5, 5.41) is 0. The first kappa shape index (κ1) is 16.1. The monoisotopic (exact) mass is 340 g/mol. The van der Waals surface area contributed by atoms with Crippen molar-refractivity contribution in [2.75, 3.05) is 13.9 Å². The van der Waals surface area contributed by atoms with Gasteiger partial charge in [-0.2, -0.15) is 4.31 Å². The Morgan fingerprint density at radius 3 is 2.61 bits per heavy atom. The normalized spacial score (nSPS) is 28.1. The first-order valence-corrected chi connectivity index (χ1v) is 8.74. The Balaban J connectivity index is 1.99. The SMILES string of the molecule is COC(=O)C1C(c2ccc3c(c2)OCO3)[N@]1S(=N)(=O)C(C)(C)C. The molecule has 0 saturated carbocycles. The van der Waals surface area contributed by atoms with Crippen molar-refractivity contribution in [3.63, 3.8) is 0 Å². The van der Waals surface area contributed by atoms with E-state index in [1.165, 1.54) is 11.4 Å². The van der Waals surface area contributed by atoms with Gasteiger partial charge in [0.1, 0.15) is 16.0 Å². The minimum absolute atomic E-state index is 0.158. The Hall–Kier alpha value is -1.80. The zero-order valence-corrected chi connectivity index (χ0v) is 14.3. The lowest BCUT2D eigenvalue weighted by Crippen LogP contribution is -2.34. The van der Waals surface area contributed by atoms with Crippen LogP contribution < -0.4 is 9.47 Å². The van der Waals surface area contributed by atoms with Crippen LogP contribution in [0, 0.1) is 4.78 Å². The van der Waals surface area contributed by atoms with Crippen LogP contribution in [0.2, 0.25) is 0 Å². The number of nitrogens with one attached hydrogen (secondary N) is 1. The molecule has 2 aliphatic rings. The molecule has 1 fully saturated rings. The second-order valence-electron chi connectivity index (χ2n) is 6.52.